The Morgan fingerprint density at radius 2 is 2.00 bits per heavy atom. The Balaban J connectivity index is 2.35. The number of ether oxygens (including phenoxy) is 2. The van der Waals surface area contributed by atoms with E-state index in [-0.39, 0.29) is 18.8 Å². The van der Waals surface area contributed by atoms with Crippen molar-refractivity contribution >= 4 is 0 Å². The highest BCUT2D eigenvalue weighted by Crippen LogP contribution is 2.18. The van der Waals surface area contributed by atoms with Crippen LogP contribution in [0.1, 0.15) is 13.8 Å². The number of nitrogens with two attached hydrogens (primary N) is 1. The molecule has 0 radical (unpaired) electrons. The smallest absolute Gasteiger partial charge is 0.137 e. The minimum absolute atomic E-state index is 0.0659. The van der Waals surface area contributed by atoms with Gasteiger partial charge in [-0.05, 0) is 26.0 Å². The van der Waals surface area contributed by atoms with Gasteiger partial charge in [-0.2, -0.15) is 0 Å². The molecule has 1 aromatic carbocycles. The van der Waals surface area contributed by atoms with Gasteiger partial charge in [0.1, 0.15) is 36.3 Å². The van der Waals surface area contributed by atoms with E-state index in [2.05, 4.69) is 0 Å². The molecule has 5 heteroatoms. The minimum atomic E-state index is -0.586. The molecule has 108 valence electrons. The van der Waals surface area contributed by atoms with Crippen LogP contribution in [-0.2, 0) is 0 Å². The maximum absolute atomic E-state index is 9.83. The van der Waals surface area contributed by atoms with Crippen LogP contribution in [0.2, 0.25) is 0 Å². The van der Waals surface area contributed by atoms with Crippen molar-refractivity contribution in [3.05, 3.63) is 24.3 Å². The van der Waals surface area contributed by atoms with Gasteiger partial charge in [0, 0.05) is 6.07 Å². The number of hydrogen-bond acceptors (Lipinski definition) is 4. The van der Waals surface area contributed by atoms with Crippen molar-refractivity contribution in [3.63, 3.8) is 0 Å². The lowest BCUT2D eigenvalue weighted by atomic mass is 10.1. The molecule has 0 bridgehead atoms. The first-order valence-corrected chi connectivity index (χ1v) is 6.37. The molecular weight excluding hydrogens is 246 g/mol. The average Bonchev–Trinajstić information content (AvgIpc) is 2.43. The molecule has 0 aromatic heterocycles. The Hall–Kier alpha value is -1.30. The molecule has 0 aliphatic rings. The molecule has 0 aliphatic heterocycles. The molecule has 0 saturated heterocycles. The molecule has 0 aliphatic carbocycles. The third-order valence-corrected chi connectivity index (χ3v) is 2.83. The summed E-state index contributed by atoms with van der Waals surface area (Å²) in [6, 6.07) is 7.26. The molecule has 1 aromatic rings. The molecule has 0 unspecified atom stereocenters. The lowest BCUT2D eigenvalue weighted by Crippen LogP contribution is -2.97. The Kier molecular flexibility index (Phi) is 6.08. The van der Waals surface area contributed by atoms with Crippen molar-refractivity contribution in [2.75, 3.05) is 26.9 Å². The van der Waals surface area contributed by atoms with Crippen molar-refractivity contribution in [1.82, 2.24) is 0 Å². The van der Waals surface area contributed by atoms with Crippen molar-refractivity contribution < 1.29 is 25.0 Å². The van der Waals surface area contributed by atoms with E-state index in [1.165, 1.54) is 0 Å². The van der Waals surface area contributed by atoms with Crippen LogP contribution in [-0.4, -0.2) is 48.7 Å². The van der Waals surface area contributed by atoms with E-state index in [0.29, 0.717) is 12.3 Å². The second kappa shape index (κ2) is 7.33. The number of quaternary nitrogens is 1. The van der Waals surface area contributed by atoms with Crippen LogP contribution in [0.5, 0.6) is 11.5 Å². The first kappa shape index (κ1) is 15.8. The fourth-order valence-corrected chi connectivity index (χ4v) is 1.47. The van der Waals surface area contributed by atoms with E-state index in [4.69, 9.17) is 14.6 Å². The lowest BCUT2D eigenvalue weighted by molar-refractivity contribution is -0.727. The molecule has 0 amide bonds. The monoisotopic (exact) mass is 270 g/mol. The normalized spacial score (nSPS) is 13.1. The highest BCUT2D eigenvalue weighted by molar-refractivity contribution is 5.32. The summed E-state index contributed by atoms with van der Waals surface area (Å²) in [5.41, 5.74) is -0.281. The average molecular weight is 270 g/mol. The van der Waals surface area contributed by atoms with Crippen molar-refractivity contribution in [2.45, 2.75) is 25.5 Å². The molecule has 0 fully saturated rings. The Bertz CT molecular complexity index is 381. The van der Waals surface area contributed by atoms with E-state index < -0.39 is 6.10 Å². The molecule has 0 spiro atoms. The number of aliphatic hydroxyl groups excluding tert-OH is 2. The second-order valence-electron chi connectivity index (χ2n) is 5.23. The van der Waals surface area contributed by atoms with Gasteiger partial charge in [0.25, 0.3) is 0 Å². The maximum atomic E-state index is 9.83. The number of methoxy groups -OCH3 is 1. The fraction of sp³-hybridized carbons (Fsp3) is 0.571. The number of benzene rings is 1. The van der Waals surface area contributed by atoms with Gasteiger partial charge in [0.2, 0.25) is 0 Å². The Morgan fingerprint density at radius 3 is 2.63 bits per heavy atom. The van der Waals surface area contributed by atoms with Gasteiger partial charge in [-0.25, -0.2) is 0 Å². The molecule has 1 rings (SSSR count). The molecule has 5 nitrogen and oxygen atoms in total. The minimum Gasteiger partial charge on any atom is -0.497 e. The molecule has 0 saturated carbocycles. The zero-order valence-electron chi connectivity index (χ0n) is 11.8. The highest BCUT2D eigenvalue weighted by Gasteiger charge is 2.21. The van der Waals surface area contributed by atoms with Crippen LogP contribution in [0.3, 0.4) is 0 Å². The summed E-state index contributed by atoms with van der Waals surface area (Å²) in [5.74, 6) is 1.39. The zero-order valence-corrected chi connectivity index (χ0v) is 11.8. The van der Waals surface area contributed by atoms with Gasteiger partial charge in [0.15, 0.2) is 0 Å². The number of rotatable bonds is 8. The summed E-state index contributed by atoms with van der Waals surface area (Å²) in [6.45, 7) is 4.60. The van der Waals surface area contributed by atoms with Crippen LogP contribution >= 0.6 is 0 Å². The Morgan fingerprint density at radius 1 is 1.32 bits per heavy atom. The lowest BCUT2D eigenvalue weighted by Gasteiger charge is -2.21. The third-order valence-electron chi connectivity index (χ3n) is 2.83. The van der Waals surface area contributed by atoms with E-state index >= 15 is 0 Å². The van der Waals surface area contributed by atoms with E-state index in [1.807, 2.05) is 37.4 Å². The first-order valence-electron chi connectivity index (χ1n) is 6.37. The molecule has 0 heterocycles. The van der Waals surface area contributed by atoms with E-state index in [1.54, 1.807) is 13.2 Å². The predicted molar refractivity (Wildman–Crippen MR) is 72.5 cm³/mol. The largest absolute Gasteiger partial charge is 0.497 e. The summed E-state index contributed by atoms with van der Waals surface area (Å²) in [6.07, 6.45) is -0.586. The summed E-state index contributed by atoms with van der Waals surface area (Å²) in [4.78, 5) is 0. The molecule has 19 heavy (non-hydrogen) atoms. The van der Waals surface area contributed by atoms with Gasteiger partial charge in [-0.1, -0.05) is 6.07 Å². The molecule has 1 atom stereocenters. The van der Waals surface area contributed by atoms with Crippen LogP contribution in [0.15, 0.2) is 24.3 Å². The van der Waals surface area contributed by atoms with Crippen LogP contribution < -0.4 is 14.8 Å². The standard InChI is InChI=1S/C14H23NO4/c1-14(2,10-16)15-8-11(17)9-19-13-6-4-5-12(7-13)18-3/h4-7,11,15-17H,8-10H2,1-3H3/p+1/t11-/m0/s1. The van der Waals surface area contributed by atoms with E-state index in [0.717, 1.165) is 5.75 Å². The summed E-state index contributed by atoms with van der Waals surface area (Å²) >= 11 is 0. The van der Waals surface area contributed by atoms with E-state index in [9.17, 15) is 5.11 Å². The number of aliphatic hydroxyl groups is 2. The molecular formula is C14H24NO4+. The fourth-order valence-electron chi connectivity index (χ4n) is 1.47. The third kappa shape index (κ3) is 5.92. The maximum Gasteiger partial charge on any atom is 0.137 e. The van der Waals surface area contributed by atoms with Gasteiger partial charge in [0.05, 0.1) is 13.7 Å². The summed E-state index contributed by atoms with van der Waals surface area (Å²) in [5, 5.41) is 20.9. The van der Waals surface area contributed by atoms with Crippen molar-refractivity contribution in [1.29, 1.82) is 0 Å². The quantitative estimate of drug-likeness (QED) is 0.610. The second-order valence-corrected chi connectivity index (χ2v) is 5.23. The summed E-state index contributed by atoms with van der Waals surface area (Å²) < 4.78 is 10.6. The first-order chi connectivity index (χ1) is 8.96. The highest BCUT2D eigenvalue weighted by atomic mass is 16.5. The van der Waals surface area contributed by atoms with Crippen molar-refractivity contribution in [3.8, 4) is 11.5 Å². The van der Waals surface area contributed by atoms with Gasteiger partial charge >= 0.3 is 0 Å². The predicted octanol–water partition coefficient (Wildman–Crippen LogP) is -0.231. The number of hydrogen-bond donors (Lipinski definition) is 3. The van der Waals surface area contributed by atoms with Crippen LogP contribution in [0.4, 0.5) is 0 Å². The van der Waals surface area contributed by atoms with Crippen molar-refractivity contribution in [2.24, 2.45) is 0 Å². The SMILES string of the molecule is COc1cccc(OC[C@@H](O)C[NH2+]C(C)(C)CO)c1. The Labute approximate surface area is 114 Å². The van der Waals surface area contributed by atoms with Gasteiger partial charge in [-0.3, -0.25) is 0 Å². The van der Waals surface area contributed by atoms with Crippen LogP contribution in [0.25, 0.3) is 0 Å². The summed E-state index contributed by atoms with van der Waals surface area (Å²) in [7, 11) is 1.60. The van der Waals surface area contributed by atoms with Gasteiger partial charge in [-0.15, -0.1) is 0 Å². The molecule has 4 N–H and O–H groups in total. The topological polar surface area (TPSA) is 75.5 Å². The zero-order chi connectivity index (χ0) is 14.3. The van der Waals surface area contributed by atoms with Gasteiger partial charge < -0.3 is 25.0 Å². The van der Waals surface area contributed by atoms with Crippen LogP contribution in [0, 0.1) is 0 Å².